The van der Waals surface area contributed by atoms with Crippen LogP contribution >= 0.6 is 0 Å². The number of carbonyl (C=O) groups is 2. The molecule has 5 N–H and O–H groups in total. The van der Waals surface area contributed by atoms with Gasteiger partial charge in [0.1, 0.15) is 6.04 Å². The van der Waals surface area contributed by atoms with Gasteiger partial charge in [0.15, 0.2) is 0 Å². The van der Waals surface area contributed by atoms with Crippen LogP contribution in [-0.2, 0) is 9.59 Å². The summed E-state index contributed by atoms with van der Waals surface area (Å²) in [5.74, 6) is -0.404. The molecule has 2 amide bonds. The van der Waals surface area contributed by atoms with Crippen LogP contribution in [0.4, 0.5) is 0 Å². The van der Waals surface area contributed by atoms with Crippen molar-refractivity contribution < 1.29 is 14.7 Å². The summed E-state index contributed by atoms with van der Waals surface area (Å²) in [6.45, 7) is 2.23. The summed E-state index contributed by atoms with van der Waals surface area (Å²) in [7, 11) is 0. The minimum atomic E-state index is -0.907. The average molecular weight is 269 g/mol. The van der Waals surface area contributed by atoms with E-state index >= 15 is 0 Å². The highest BCUT2D eigenvalue weighted by atomic mass is 16.3. The molecule has 0 radical (unpaired) electrons. The highest BCUT2D eigenvalue weighted by Gasteiger charge is 2.46. The van der Waals surface area contributed by atoms with Gasteiger partial charge in [0.05, 0.1) is 11.6 Å². The second kappa shape index (κ2) is 5.09. The van der Waals surface area contributed by atoms with Crippen molar-refractivity contribution in [2.45, 2.75) is 56.7 Å². The topological polar surface area (TPSA) is 110 Å². The Kier molecular flexibility index (Phi) is 3.82. The predicted octanol–water partition coefficient (Wildman–Crippen LogP) is -0.659. The van der Waals surface area contributed by atoms with Gasteiger partial charge >= 0.3 is 0 Å². The highest BCUT2D eigenvalue weighted by molar-refractivity contribution is 5.92. The number of likely N-dealkylation sites (tertiary alicyclic amines) is 1. The summed E-state index contributed by atoms with van der Waals surface area (Å²) < 4.78 is 0. The molecule has 2 fully saturated rings. The third-order valence-electron chi connectivity index (χ3n) is 4.33. The molecule has 6 heteroatoms. The van der Waals surface area contributed by atoms with Crippen LogP contribution in [0.2, 0.25) is 0 Å². The van der Waals surface area contributed by atoms with E-state index in [0.29, 0.717) is 18.8 Å². The maximum atomic E-state index is 12.6. The lowest BCUT2D eigenvalue weighted by atomic mass is 9.76. The number of amides is 2. The standard InChI is InChI=1S/C13H23N3O3/c1-8-3-2-4-13(15,6-8)12(19)16-7-9(17)5-10(16)11(14)18/h8-10,17H,2-7,15H2,1H3,(H2,14,18). The molecule has 1 saturated heterocycles. The summed E-state index contributed by atoms with van der Waals surface area (Å²) in [6.07, 6.45) is 2.78. The van der Waals surface area contributed by atoms with Crippen molar-refractivity contribution in [1.29, 1.82) is 0 Å². The molecule has 0 bridgehead atoms. The van der Waals surface area contributed by atoms with Crippen molar-refractivity contribution in [1.82, 2.24) is 4.90 Å². The average Bonchev–Trinajstić information content (AvgIpc) is 2.70. The number of primary amides is 1. The fourth-order valence-electron chi connectivity index (χ4n) is 3.38. The molecular formula is C13H23N3O3. The van der Waals surface area contributed by atoms with Gasteiger partial charge in [-0.1, -0.05) is 19.8 Å². The molecule has 108 valence electrons. The molecular weight excluding hydrogens is 246 g/mol. The SMILES string of the molecule is CC1CCCC(N)(C(=O)N2CC(O)CC2C(N)=O)C1. The van der Waals surface area contributed by atoms with Crippen LogP contribution in [0.25, 0.3) is 0 Å². The number of aliphatic hydroxyl groups excluding tert-OH is 1. The van der Waals surface area contributed by atoms with Gasteiger partial charge < -0.3 is 21.5 Å². The lowest BCUT2D eigenvalue weighted by molar-refractivity contribution is -0.143. The van der Waals surface area contributed by atoms with Crippen molar-refractivity contribution in [3.8, 4) is 0 Å². The summed E-state index contributed by atoms with van der Waals surface area (Å²) in [5.41, 5.74) is 10.7. The summed E-state index contributed by atoms with van der Waals surface area (Å²) in [4.78, 5) is 25.4. The molecule has 4 atom stereocenters. The van der Waals surface area contributed by atoms with Gasteiger partial charge in [-0.2, -0.15) is 0 Å². The van der Waals surface area contributed by atoms with Crippen molar-refractivity contribution >= 4 is 11.8 Å². The van der Waals surface area contributed by atoms with Crippen molar-refractivity contribution in [3.63, 3.8) is 0 Å². The molecule has 6 nitrogen and oxygen atoms in total. The molecule has 0 spiro atoms. The normalized spacial score (nSPS) is 39.3. The number of nitrogens with two attached hydrogens (primary N) is 2. The maximum absolute atomic E-state index is 12.6. The number of rotatable bonds is 2. The third-order valence-corrected chi connectivity index (χ3v) is 4.33. The first-order chi connectivity index (χ1) is 8.83. The molecule has 0 aromatic heterocycles. The third kappa shape index (κ3) is 2.74. The quantitative estimate of drug-likeness (QED) is 0.618. The molecule has 1 aliphatic carbocycles. The molecule has 2 aliphatic rings. The van der Waals surface area contributed by atoms with Crippen LogP contribution in [-0.4, -0.2) is 46.1 Å². The largest absolute Gasteiger partial charge is 0.391 e. The lowest BCUT2D eigenvalue weighted by Crippen LogP contribution is -2.59. The van der Waals surface area contributed by atoms with Gasteiger partial charge in [-0.25, -0.2) is 0 Å². The monoisotopic (exact) mass is 269 g/mol. The zero-order chi connectivity index (χ0) is 14.2. The van der Waals surface area contributed by atoms with E-state index in [0.717, 1.165) is 12.8 Å². The van der Waals surface area contributed by atoms with Crippen LogP contribution in [0.1, 0.15) is 39.0 Å². The summed E-state index contributed by atoms with van der Waals surface area (Å²) >= 11 is 0. The smallest absolute Gasteiger partial charge is 0.243 e. The van der Waals surface area contributed by atoms with Crippen molar-refractivity contribution in [2.75, 3.05) is 6.54 Å². The number of hydrogen-bond donors (Lipinski definition) is 3. The van der Waals surface area contributed by atoms with Gasteiger partial charge in [0.25, 0.3) is 0 Å². The Morgan fingerprint density at radius 2 is 2.11 bits per heavy atom. The van der Waals surface area contributed by atoms with E-state index in [1.807, 2.05) is 0 Å². The van der Waals surface area contributed by atoms with E-state index in [1.54, 1.807) is 0 Å². The van der Waals surface area contributed by atoms with E-state index in [4.69, 9.17) is 11.5 Å². The van der Waals surface area contributed by atoms with E-state index in [-0.39, 0.29) is 18.9 Å². The minimum Gasteiger partial charge on any atom is -0.391 e. The predicted molar refractivity (Wildman–Crippen MR) is 69.9 cm³/mol. The molecule has 4 unspecified atom stereocenters. The number of β-amino-alcohol motifs (C(OH)–C–C–N with tert-alkyl or cyclic N) is 1. The van der Waals surface area contributed by atoms with Crippen molar-refractivity contribution in [3.05, 3.63) is 0 Å². The molecule has 1 aliphatic heterocycles. The van der Waals surface area contributed by atoms with Gasteiger partial charge in [0.2, 0.25) is 11.8 Å². The van der Waals surface area contributed by atoms with Crippen LogP contribution in [0.15, 0.2) is 0 Å². The first kappa shape index (κ1) is 14.3. The zero-order valence-corrected chi connectivity index (χ0v) is 11.3. The lowest BCUT2D eigenvalue weighted by Gasteiger charge is -2.39. The number of hydrogen-bond acceptors (Lipinski definition) is 4. The van der Waals surface area contributed by atoms with Gasteiger partial charge in [-0.3, -0.25) is 9.59 Å². The van der Waals surface area contributed by atoms with E-state index < -0.39 is 23.6 Å². The first-order valence-electron chi connectivity index (χ1n) is 6.91. The zero-order valence-electron chi connectivity index (χ0n) is 11.3. The van der Waals surface area contributed by atoms with E-state index in [1.165, 1.54) is 4.90 Å². The number of carbonyl (C=O) groups excluding carboxylic acids is 2. The Morgan fingerprint density at radius 3 is 2.68 bits per heavy atom. The Labute approximate surface area is 113 Å². The molecule has 2 rings (SSSR count). The van der Waals surface area contributed by atoms with Gasteiger partial charge in [0, 0.05) is 13.0 Å². The van der Waals surface area contributed by atoms with Gasteiger partial charge in [-0.15, -0.1) is 0 Å². The molecule has 0 aromatic carbocycles. The van der Waals surface area contributed by atoms with Crippen LogP contribution in [0, 0.1) is 5.92 Å². The van der Waals surface area contributed by atoms with Gasteiger partial charge in [-0.05, 0) is 18.8 Å². The second-order valence-corrected chi connectivity index (χ2v) is 6.12. The molecule has 1 heterocycles. The second-order valence-electron chi connectivity index (χ2n) is 6.12. The minimum absolute atomic E-state index is 0.153. The number of nitrogens with zero attached hydrogens (tertiary/aromatic N) is 1. The summed E-state index contributed by atoms with van der Waals surface area (Å²) in [6, 6.07) is -0.722. The van der Waals surface area contributed by atoms with Crippen LogP contribution in [0.5, 0.6) is 0 Å². The maximum Gasteiger partial charge on any atom is 0.243 e. The molecule has 19 heavy (non-hydrogen) atoms. The Bertz CT molecular complexity index is 387. The fraction of sp³-hybridized carbons (Fsp3) is 0.846. The van der Waals surface area contributed by atoms with E-state index in [9.17, 15) is 14.7 Å². The number of aliphatic hydroxyl groups is 1. The fourth-order valence-corrected chi connectivity index (χ4v) is 3.38. The molecule has 1 saturated carbocycles. The van der Waals surface area contributed by atoms with Crippen molar-refractivity contribution in [2.24, 2.45) is 17.4 Å². The van der Waals surface area contributed by atoms with Crippen LogP contribution < -0.4 is 11.5 Å². The molecule has 0 aromatic rings. The van der Waals surface area contributed by atoms with E-state index in [2.05, 4.69) is 6.92 Å². The summed E-state index contributed by atoms with van der Waals surface area (Å²) in [5, 5.41) is 9.66. The Morgan fingerprint density at radius 1 is 1.42 bits per heavy atom. The Hall–Kier alpha value is -1.14. The highest BCUT2D eigenvalue weighted by Crippen LogP contribution is 2.33. The Balaban J connectivity index is 2.16. The first-order valence-corrected chi connectivity index (χ1v) is 6.91. The van der Waals surface area contributed by atoms with Crippen LogP contribution in [0.3, 0.4) is 0 Å².